The predicted octanol–water partition coefficient (Wildman–Crippen LogP) is 1.88. The van der Waals surface area contributed by atoms with E-state index in [9.17, 15) is 13.2 Å². The zero-order chi connectivity index (χ0) is 21.8. The van der Waals surface area contributed by atoms with Crippen LogP contribution >= 0.6 is 11.6 Å². The molecule has 0 saturated carbocycles. The van der Waals surface area contributed by atoms with Crippen molar-refractivity contribution in [2.24, 2.45) is 0 Å². The number of fused-ring (bicyclic) bond motifs is 1. The summed E-state index contributed by atoms with van der Waals surface area (Å²) in [4.78, 5) is 21.5. The van der Waals surface area contributed by atoms with Gasteiger partial charge in [-0.1, -0.05) is 23.7 Å². The van der Waals surface area contributed by atoms with Crippen molar-refractivity contribution < 1.29 is 13.2 Å². The molecule has 31 heavy (non-hydrogen) atoms. The van der Waals surface area contributed by atoms with Crippen LogP contribution in [0, 0.1) is 0 Å². The van der Waals surface area contributed by atoms with Gasteiger partial charge in [-0.2, -0.15) is 4.31 Å². The predicted molar refractivity (Wildman–Crippen MR) is 119 cm³/mol. The van der Waals surface area contributed by atoms with Crippen molar-refractivity contribution in [1.82, 2.24) is 24.5 Å². The van der Waals surface area contributed by atoms with Gasteiger partial charge in [0, 0.05) is 55.5 Å². The summed E-state index contributed by atoms with van der Waals surface area (Å²) in [7, 11) is -3.62. The molecule has 4 rings (SSSR count). The lowest BCUT2D eigenvalue weighted by Gasteiger charge is -2.33. The van der Waals surface area contributed by atoms with E-state index < -0.39 is 10.0 Å². The van der Waals surface area contributed by atoms with E-state index in [1.54, 1.807) is 18.3 Å². The zero-order valence-corrected chi connectivity index (χ0v) is 18.5. The largest absolute Gasteiger partial charge is 0.355 e. The first kappa shape index (κ1) is 21.8. The Labute approximate surface area is 186 Å². The molecular weight excluding hydrogens is 438 g/mol. The smallest absolute Gasteiger partial charge is 0.245 e. The van der Waals surface area contributed by atoms with Crippen LogP contribution in [0.15, 0.2) is 53.7 Å². The van der Waals surface area contributed by atoms with Gasteiger partial charge in [0.1, 0.15) is 10.5 Å². The molecular formula is C21H24ClN5O3S. The number of carbonyl (C=O) groups is 1. The third kappa shape index (κ3) is 5.07. The van der Waals surface area contributed by atoms with Crippen LogP contribution in [0.1, 0.15) is 5.56 Å². The molecule has 1 fully saturated rings. The number of hydrogen-bond acceptors (Lipinski definition) is 5. The SMILES string of the molecule is O=C(CN1CCN(S(=O)(=O)c2c[nH]c3ncccc23)CC1)NCCc1ccc(Cl)cc1. The third-order valence-corrected chi connectivity index (χ3v) is 7.57. The van der Waals surface area contributed by atoms with Gasteiger partial charge in [0.05, 0.1) is 6.54 Å². The number of hydrogen-bond donors (Lipinski definition) is 2. The lowest BCUT2D eigenvalue weighted by atomic mass is 10.1. The second-order valence-electron chi connectivity index (χ2n) is 7.46. The molecule has 164 valence electrons. The van der Waals surface area contributed by atoms with Gasteiger partial charge < -0.3 is 10.3 Å². The monoisotopic (exact) mass is 461 g/mol. The molecule has 2 aromatic heterocycles. The minimum Gasteiger partial charge on any atom is -0.355 e. The number of benzene rings is 1. The number of nitrogens with zero attached hydrogens (tertiary/aromatic N) is 3. The molecule has 10 heteroatoms. The van der Waals surface area contributed by atoms with Crippen molar-refractivity contribution in [2.45, 2.75) is 11.3 Å². The molecule has 1 aliphatic rings. The zero-order valence-electron chi connectivity index (χ0n) is 16.9. The minimum atomic E-state index is -3.62. The molecule has 8 nitrogen and oxygen atoms in total. The molecule has 0 spiro atoms. The molecule has 1 aromatic carbocycles. The summed E-state index contributed by atoms with van der Waals surface area (Å²) in [5.41, 5.74) is 1.66. The van der Waals surface area contributed by atoms with Crippen LogP contribution in [-0.2, 0) is 21.2 Å². The number of amides is 1. The molecule has 0 bridgehead atoms. The first-order valence-corrected chi connectivity index (χ1v) is 11.9. The number of pyridine rings is 1. The number of piperazine rings is 1. The number of H-pyrrole nitrogens is 1. The number of sulfonamides is 1. The summed E-state index contributed by atoms with van der Waals surface area (Å²) in [5.74, 6) is -0.0621. The Morgan fingerprint density at radius 3 is 2.61 bits per heavy atom. The number of carbonyl (C=O) groups excluding carboxylic acids is 1. The number of rotatable bonds is 7. The van der Waals surface area contributed by atoms with Gasteiger partial charge in [0.2, 0.25) is 15.9 Å². The van der Waals surface area contributed by atoms with E-state index in [2.05, 4.69) is 15.3 Å². The Kier molecular flexibility index (Phi) is 6.57. The second kappa shape index (κ2) is 9.35. The van der Waals surface area contributed by atoms with Crippen LogP contribution in [0.5, 0.6) is 0 Å². The van der Waals surface area contributed by atoms with Crippen LogP contribution in [0.4, 0.5) is 0 Å². The average molecular weight is 462 g/mol. The maximum Gasteiger partial charge on any atom is 0.245 e. The van der Waals surface area contributed by atoms with Crippen molar-refractivity contribution in [1.29, 1.82) is 0 Å². The van der Waals surface area contributed by atoms with Crippen LogP contribution in [0.2, 0.25) is 5.02 Å². The maximum atomic E-state index is 13.1. The Bertz CT molecular complexity index is 1160. The van der Waals surface area contributed by atoms with Crippen LogP contribution in [0.25, 0.3) is 11.0 Å². The van der Waals surface area contributed by atoms with E-state index >= 15 is 0 Å². The number of nitrogens with one attached hydrogen (secondary N) is 2. The van der Waals surface area contributed by atoms with E-state index in [4.69, 9.17) is 11.6 Å². The van der Waals surface area contributed by atoms with Crippen molar-refractivity contribution in [3.05, 3.63) is 59.4 Å². The molecule has 2 N–H and O–H groups in total. The maximum absolute atomic E-state index is 13.1. The molecule has 1 saturated heterocycles. The average Bonchev–Trinajstić information content (AvgIpc) is 3.21. The summed E-state index contributed by atoms with van der Waals surface area (Å²) >= 11 is 5.88. The standard InChI is InChI=1S/C21H24ClN5O3S/c22-17-5-3-16(4-6-17)7-9-23-20(28)15-26-10-12-27(13-11-26)31(29,30)19-14-25-21-18(19)2-1-8-24-21/h1-6,8,14H,7,9-13,15H2,(H,23,28)(H,24,25). The summed E-state index contributed by atoms with van der Waals surface area (Å²) < 4.78 is 27.6. The number of aromatic amines is 1. The van der Waals surface area contributed by atoms with E-state index in [0.29, 0.717) is 48.8 Å². The van der Waals surface area contributed by atoms with Crippen LogP contribution < -0.4 is 5.32 Å². The highest BCUT2D eigenvalue weighted by molar-refractivity contribution is 7.89. The van der Waals surface area contributed by atoms with Crippen LogP contribution in [-0.4, -0.2) is 72.8 Å². The van der Waals surface area contributed by atoms with E-state index in [0.717, 1.165) is 12.0 Å². The molecule has 0 radical (unpaired) electrons. The van der Waals surface area contributed by atoms with Gasteiger partial charge in [0.15, 0.2) is 0 Å². The molecule has 0 atom stereocenters. The van der Waals surface area contributed by atoms with Gasteiger partial charge in [-0.25, -0.2) is 13.4 Å². The molecule has 0 aliphatic carbocycles. The van der Waals surface area contributed by atoms with E-state index in [1.165, 1.54) is 10.5 Å². The van der Waals surface area contributed by atoms with E-state index in [-0.39, 0.29) is 17.3 Å². The van der Waals surface area contributed by atoms with Gasteiger partial charge in [-0.3, -0.25) is 9.69 Å². The first-order valence-electron chi connectivity index (χ1n) is 10.1. The summed E-state index contributed by atoms with van der Waals surface area (Å²) in [6.07, 6.45) is 3.84. The first-order chi connectivity index (χ1) is 14.9. The second-order valence-corrected chi connectivity index (χ2v) is 9.80. The van der Waals surface area contributed by atoms with Crippen molar-refractivity contribution in [3.63, 3.8) is 0 Å². The number of halogens is 1. The molecule has 3 heterocycles. The third-order valence-electron chi connectivity index (χ3n) is 5.38. The lowest BCUT2D eigenvalue weighted by Crippen LogP contribution is -2.51. The fourth-order valence-corrected chi connectivity index (χ4v) is 5.37. The highest BCUT2D eigenvalue weighted by Gasteiger charge is 2.31. The Balaban J connectivity index is 1.26. The van der Waals surface area contributed by atoms with Gasteiger partial charge >= 0.3 is 0 Å². The van der Waals surface area contributed by atoms with E-state index in [1.807, 2.05) is 29.2 Å². The lowest BCUT2D eigenvalue weighted by molar-refractivity contribution is -0.122. The fourth-order valence-electron chi connectivity index (χ4n) is 3.67. The summed E-state index contributed by atoms with van der Waals surface area (Å²) in [5, 5.41) is 4.20. The van der Waals surface area contributed by atoms with Gasteiger partial charge in [-0.15, -0.1) is 0 Å². The highest BCUT2D eigenvalue weighted by Crippen LogP contribution is 2.25. The van der Waals surface area contributed by atoms with Crippen molar-refractivity contribution in [2.75, 3.05) is 39.3 Å². The Hall–Kier alpha value is -2.46. The summed E-state index contributed by atoms with van der Waals surface area (Å²) in [6.45, 7) is 2.49. The summed E-state index contributed by atoms with van der Waals surface area (Å²) in [6, 6.07) is 11.0. The fraction of sp³-hybridized carbons (Fsp3) is 0.333. The Morgan fingerprint density at radius 2 is 1.87 bits per heavy atom. The van der Waals surface area contributed by atoms with Crippen molar-refractivity contribution in [3.8, 4) is 0 Å². The van der Waals surface area contributed by atoms with Gasteiger partial charge in [0.25, 0.3) is 0 Å². The van der Waals surface area contributed by atoms with Crippen LogP contribution in [0.3, 0.4) is 0 Å². The quantitative estimate of drug-likeness (QED) is 0.559. The molecule has 3 aromatic rings. The highest BCUT2D eigenvalue weighted by atomic mass is 35.5. The Morgan fingerprint density at radius 1 is 1.13 bits per heavy atom. The number of aromatic nitrogens is 2. The van der Waals surface area contributed by atoms with Crippen molar-refractivity contribution >= 4 is 38.6 Å². The topological polar surface area (TPSA) is 98.4 Å². The molecule has 1 amide bonds. The minimum absolute atomic E-state index is 0.0621. The molecule has 1 aliphatic heterocycles. The van der Waals surface area contributed by atoms with Gasteiger partial charge in [-0.05, 0) is 36.2 Å². The molecule has 0 unspecified atom stereocenters. The normalized spacial score (nSPS) is 15.9.